The maximum atomic E-state index is 14.6. The minimum Gasteiger partial charge on any atom is -0.363 e. The molecule has 33 heavy (non-hydrogen) atoms. The van der Waals surface area contributed by atoms with E-state index in [0.717, 1.165) is 37.3 Å². The number of anilines is 2. The first-order valence-electron chi connectivity index (χ1n) is 10.7. The average molecular weight is 446 g/mol. The Labute approximate surface area is 189 Å². The summed E-state index contributed by atoms with van der Waals surface area (Å²) in [7, 11) is 3.85. The Bertz CT molecular complexity index is 1310. The zero-order chi connectivity index (χ0) is 22.9. The molecule has 1 aliphatic rings. The van der Waals surface area contributed by atoms with Crippen LogP contribution in [-0.4, -0.2) is 62.7 Å². The van der Waals surface area contributed by atoms with E-state index in [1.165, 1.54) is 10.6 Å². The van der Waals surface area contributed by atoms with Gasteiger partial charge < -0.3 is 15.1 Å². The van der Waals surface area contributed by atoms with Crippen LogP contribution in [0.5, 0.6) is 0 Å². The molecule has 4 aromatic rings. The second kappa shape index (κ2) is 8.45. The largest absolute Gasteiger partial charge is 0.363 e. The predicted octanol–water partition coefficient (Wildman–Crippen LogP) is 3.69. The summed E-state index contributed by atoms with van der Waals surface area (Å²) in [6.45, 7) is 1.47. The zero-order valence-corrected chi connectivity index (χ0v) is 18.4. The molecule has 168 valence electrons. The molecule has 0 unspecified atom stereocenters. The molecular formula is C23H23FN8O. The first-order chi connectivity index (χ1) is 16.0. The van der Waals surface area contributed by atoms with E-state index in [1.54, 1.807) is 35.6 Å². The van der Waals surface area contributed by atoms with E-state index in [4.69, 9.17) is 0 Å². The van der Waals surface area contributed by atoms with Gasteiger partial charge in [-0.1, -0.05) is 0 Å². The molecule has 0 radical (unpaired) electrons. The van der Waals surface area contributed by atoms with Crippen LogP contribution < -0.4 is 10.2 Å². The van der Waals surface area contributed by atoms with Gasteiger partial charge in [0.25, 0.3) is 5.78 Å². The van der Waals surface area contributed by atoms with Gasteiger partial charge in [0.15, 0.2) is 0 Å². The van der Waals surface area contributed by atoms with E-state index in [-0.39, 0.29) is 11.6 Å². The van der Waals surface area contributed by atoms with E-state index in [1.807, 2.05) is 31.1 Å². The fourth-order valence-electron chi connectivity index (χ4n) is 3.77. The van der Waals surface area contributed by atoms with Crippen molar-refractivity contribution in [3.05, 3.63) is 54.7 Å². The lowest BCUT2D eigenvalue weighted by Crippen LogP contribution is -2.32. The number of benzene rings is 1. The fourth-order valence-corrected chi connectivity index (χ4v) is 3.77. The summed E-state index contributed by atoms with van der Waals surface area (Å²) in [6.07, 6.45) is 6.97. The van der Waals surface area contributed by atoms with Crippen LogP contribution in [-0.2, 0) is 0 Å². The van der Waals surface area contributed by atoms with Crippen LogP contribution in [0.4, 0.5) is 20.7 Å². The molecule has 10 heteroatoms. The van der Waals surface area contributed by atoms with Crippen molar-refractivity contribution in [1.82, 2.24) is 29.5 Å². The summed E-state index contributed by atoms with van der Waals surface area (Å²) in [5, 5.41) is 7.40. The quantitative estimate of drug-likeness (QED) is 0.514. The number of nitrogens with zero attached hydrogens (tertiary/aromatic N) is 7. The van der Waals surface area contributed by atoms with Crippen LogP contribution in [0.2, 0.25) is 0 Å². The van der Waals surface area contributed by atoms with Crippen LogP contribution in [0.1, 0.15) is 12.8 Å². The smallest absolute Gasteiger partial charge is 0.321 e. The van der Waals surface area contributed by atoms with Gasteiger partial charge in [-0.05, 0) is 43.2 Å². The van der Waals surface area contributed by atoms with Gasteiger partial charge >= 0.3 is 6.03 Å². The molecule has 4 heterocycles. The molecule has 0 aliphatic carbocycles. The molecule has 0 saturated carbocycles. The molecule has 1 aliphatic heterocycles. The Balaban J connectivity index is 1.43. The van der Waals surface area contributed by atoms with E-state index in [2.05, 4.69) is 25.4 Å². The fraction of sp³-hybridized carbons (Fsp3) is 0.261. The maximum Gasteiger partial charge on any atom is 0.321 e. The Morgan fingerprint density at radius 1 is 1.06 bits per heavy atom. The molecule has 2 amide bonds. The number of carbonyl (C=O) groups is 1. The molecular weight excluding hydrogens is 423 g/mol. The second-order valence-corrected chi connectivity index (χ2v) is 8.13. The number of rotatable bonds is 4. The molecule has 1 aromatic carbocycles. The number of pyridine rings is 1. The standard InChI is InChI=1S/C23H23FN8O/c1-30(2)21-8-5-15(12-25-21)19-13-26-22-28-20(14-32(22)29-19)17-11-16(6-7-18(17)24)27-23(33)31-9-3-4-10-31/h5-8,11-14H,3-4,9-10H2,1-2H3,(H,27,33). The number of fused-ring (bicyclic) bond motifs is 1. The van der Waals surface area contributed by atoms with Crippen molar-refractivity contribution in [2.24, 2.45) is 0 Å². The average Bonchev–Trinajstić information content (AvgIpc) is 3.50. The minimum absolute atomic E-state index is 0.179. The molecule has 1 saturated heterocycles. The Morgan fingerprint density at radius 3 is 2.61 bits per heavy atom. The number of carbonyl (C=O) groups excluding carboxylic acids is 1. The molecule has 1 N–H and O–H groups in total. The van der Waals surface area contributed by atoms with Gasteiger partial charge in [0.05, 0.1) is 18.1 Å². The van der Waals surface area contributed by atoms with Crippen molar-refractivity contribution < 1.29 is 9.18 Å². The number of imidazole rings is 1. The number of halogens is 1. The highest BCUT2D eigenvalue weighted by Gasteiger charge is 2.19. The van der Waals surface area contributed by atoms with E-state index >= 15 is 0 Å². The topological polar surface area (TPSA) is 91.6 Å². The monoisotopic (exact) mass is 446 g/mol. The first kappa shape index (κ1) is 20.8. The van der Waals surface area contributed by atoms with E-state index in [0.29, 0.717) is 22.9 Å². The van der Waals surface area contributed by atoms with Gasteiger partial charge in [-0.15, -0.1) is 0 Å². The molecule has 1 fully saturated rings. The third-order valence-electron chi connectivity index (χ3n) is 5.58. The highest BCUT2D eigenvalue weighted by molar-refractivity contribution is 5.90. The third kappa shape index (κ3) is 4.19. The van der Waals surface area contributed by atoms with E-state index in [9.17, 15) is 9.18 Å². The summed E-state index contributed by atoms with van der Waals surface area (Å²) >= 11 is 0. The van der Waals surface area contributed by atoms with Gasteiger partial charge in [0.2, 0.25) is 0 Å². The van der Waals surface area contributed by atoms with Crippen molar-refractivity contribution in [2.75, 3.05) is 37.4 Å². The van der Waals surface area contributed by atoms with Crippen LogP contribution in [0.25, 0.3) is 28.3 Å². The lowest BCUT2D eigenvalue weighted by molar-refractivity contribution is 0.222. The van der Waals surface area contributed by atoms with Gasteiger partial charge in [-0.2, -0.15) is 5.10 Å². The van der Waals surface area contributed by atoms with Crippen molar-refractivity contribution in [3.8, 4) is 22.5 Å². The Kier molecular flexibility index (Phi) is 5.33. The van der Waals surface area contributed by atoms with Crippen molar-refractivity contribution in [1.29, 1.82) is 0 Å². The number of likely N-dealkylation sites (tertiary alicyclic amines) is 1. The van der Waals surface area contributed by atoms with Crippen LogP contribution >= 0.6 is 0 Å². The van der Waals surface area contributed by atoms with Crippen LogP contribution in [0, 0.1) is 5.82 Å². The number of hydrogen-bond donors (Lipinski definition) is 1. The number of aromatic nitrogens is 5. The normalized spacial score (nSPS) is 13.5. The maximum absolute atomic E-state index is 14.6. The summed E-state index contributed by atoms with van der Waals surface area (Å²) in [5.74, 6) is 0.740. The third-order valence-corrected chi connectivity index (χ3v) is 5.58. The van der Waals surface area contributed by atoms with Gasteiger partial charge in [0.1, 0.15) is 17.3 Å². The predicted molar refractivity (Wildman–Crippen MR) is 124 cm³/mol. The molecule has 0 bridgehead atoms. The van der Waals surface area contributed by atoms with Gasteiger partial charge in [-0.3, -0.25) is 0 Å². The molecule has 9 nitrogen and oxygen atoms in total. The Hall–Kier alpha value is -4.08. The van der Waals surface area contributed by atoms with Crippen LogP contribution in [0.3, 0.4) is 0 Å². The number of hydrogen-bond acceptors (Lipinski definition) is 6. The zero-order valence-electron chi connectivity index (χ0n) is 18.4. The highest BCUT2D eigenvalue weighted by atomic mass is 19.1. The number of urea groups is 1. The summed E-state index contributed by atoms with van der Waals surface area (Å²) < 4.78 is 16.2. The molecule has 5 rings (SSSR count). The summed E-state index contributed by atoms with van der Waals surface area (Å²) in [4.78, 5) is 29.2. The van der Waals surface area contributed by atoms with Crippen LogP contribution in [0.15, 0.2) is 48.9 Å². The van der Waals surface area contributed by atoms with Gasteiger partial charge in [0, 0.05) is 50.2 Å². The molecule has 0 spiro atoms. The van der Waals surface area contributed by atoms with Crippen molar-refractivity contribution in [3.63, 3.8) is 0 Å². The lowest BCUT2D eigenvalue weighted by atomic mass is 10.1. The van der Waals surface area contributed by atoms with Crippen molar-refractivity contribution in [2.45, 2.75) is 12.8 Å². The summed E-state index contributed by atoms with van der Waals surface area (Å²) in [5.41, 5.74) is 2.58. The van der Waals surface area contributed by atoms with Gasteiger partial charge in [-0.25, -0.2) is 28.7 Å². The second-order valence-electron chi connectivity index (χ2n) is 8.13. The first-order valence-corrected chi connectivity index (χ1v) is 10.7. The SMILES string of the molecule is CN(C)c1ccc(-c2cnc3nc(-c4cc(NC(=O)N5CCCC5)ccc4F)cn3n2)cn1. The number of nitrogens with one attached hydrogen (secondary N) is 1. The lowest BCUT2D eigenvalue weighted by Gasteiger charge is -2.16. The minimum atomic E-state index is -0.443. The molecule has 0 atom stereocenters. The molecule has 3 aromatic heterocycles. The van der Waals surface area contributed by atoms with E-state index < -0.39 is 5.82 Å². The number of amides is 2. The highest BCUT2D eigenvalue weighted by Crippen LogP contribution is 2.26. The Morgan fingerprint density at radius 2 is 1.88 bits per heavy atom. The summed E-state index contributed by atoms with van der Waals surface area (Å²) in [6, 6.07) is 8.09. The van der Waals surface area contributed by atoms with Crippen molar-refractivity contribution >= 4 is 23.3 Å².